The van der Waals surface area contributed by atoms with Crippen LogP contribution < -0.4 is 16.0 Å². The van der Waals surface area contributed by atoms with Crippen LogP contribution in [0.25, 0.3) is 0 Å². The van der Waals surface area contributed by atoms with Gasteiger partial charge in [-0.3, -0.25) is 14.4 Å². The normalized spacial score (nSPS) is 10.2. The summed E-state index contributed by atoms with van der Waals surface area (Å²) in [6.07, 6.45) is 0. The van der Waals surface area contributed by atoms with Gasteiger partial charge in [-0.2, -0.15) is 0 Å². The first-order chi connectivity index (χ1) is 12.8. The minimum atomic E-state index is -0.333. The summed E-state index contributed by atoms with van der Waals surface area (Å²) in [6, 6.07) is 11.0. The van der Waals surface area contributed by atoms with E-state index in [0.717, 1.165) is 22.4 Å². The Bertz CT molecular complexity index is 852. The molecule has 0 unspecified atom stereocenters. The van der Waals surface area contributed by atoms with Crippen LogP contribution in [-0.4, -0.2) is 30.7 Å². The lowest BCUT2D eigenvalue weighted by molar-refractivity contribution is -0.122. The highest BCUT2D eigenvalue weighted by Crippen LogP contribution is 2.21. The summed E-state index contributed by atoms with van der Waals surface area (Å²) >= 11 is 0. The molecular weight excluding hydrogens is 342 g/mol. The van der Waals surface area contributed by atoms with E-state index >= 15 is 0 Å². The number of benzene rings is 2. The molecule has 2 amide bonds. The number of amides is 2. The number of Topliss-reactive ketones (excluding diaryl/α,β-unsaturated/α-hetero) is 1. The number of nitrogens with one attached hydrogen (secondary N) is 3. The molecule has 0 aliphatic carbocycles. The van der Waals surface area contributed by atoms with Gasteiger partial charge >= 0.3 is 0 Å². The minimum Gasteiger partial charge on any atom is -0.376 e. The van der Waals surface area contributed by atoms with Gasteiger partial charge in [0.05, 0.1) is 13.1 Å². The van der Waals surface area contributed by atoms with Crippen LogP contribution in [0.4, 0.5) is 11.4 Å². The monoisotopic (exact) mass is 367 g/mol. The molecule has 27 heavy (non-hydrogen) atoms. The van der Waals surface area contributed by atoms with E-state index in [1.54, 1.807) is 24.3 Å². The highest BCUT2D eigenvalue weighted by Gasteiger charge is 2.11. The van der Waals surface area contributed by atoms with Crippen LogP contribution in [0, 0.1) is 20.8 Å². The van der Waals surface area contributed by atoms with Gasteiger partial charge in [0.2, 0.25) is 11.8 Å². The lowest BCUT2D eigenvalue weighted by atomic mass is 10.1. The largest absolute Gasteiger partial charge is 0.376 e. The Balaban J connectivity index is 1.86. The molecule has 6 heteroatoms. The molecule has 0 fully saturated rings. The number of carbonyl (C=O) groups excluding carboxylic acids is 3. The third kappa shape index (κ3) is 5.67. The van der Waals surface area contributed by atoms with E-state index in [9.17, 15) is 14.4 Å². The maximum absolute atomic E-state index is 12.1. The Morgan fingerprint density at radius 1 is 0.889 bits per heavy atom. The number of rotatable bonds is 7. The molecule has 2 aromatic rings. The molecule has 0 spiro atoms. The summed E-state index contributed by atoms with van der Waals surface area (Å²) < 4.78 is 0. The van der Waals surface area contributed by atoms with E-state index in [0.29, 0.717) is 11.3 Å². The lowest BCUT2D eigenvalue weighted by Crippen LogP contribution is -2.36. The van der Waals surface area contributed by atoms with Crippen LogP contribution in [0.2, 0.25) is 0 Å². The summed E-state index contributed by atoms with van der Waals surface area (Å²) in [4.78, 5) is 35.7. The fourth-order valence-electron chi connectivity index (χ4n) is 2.92. The highest BCUT2D eigenvalue weighted by molar-refractivity contribution is 6.00. The fraction of sp³-hybridized carbons (Fsp3) is 0.286. The lowest BCUT2D eigenvalue weighted by Gasteiger charge is -2.14. The average molecular weight is 367 g/mol. The number of anilines is 2. The van der Waals surface area contributed by atoms with Gasteiger partial charge in [0.1, 0.15) is 0 Å². The van der Waals surface area contributed by atoms with Crippen molar-refractivity contribution in [3.05, 3.63) is 58.7 Å². The predicted molar refractivity (Wildman–Crippen MR) is 107 cm³/mol. The van der Waals surface area contributed by atoms with E-state index in [2.05, 4.69) is 16.0 Å². The number of hydrogen-bond donors (Lipinski definition) is 3. The summed E-state index contributed by atoms with van der Waals surface area (Å²) in [7, 11) is 0. The van der Waals surface area contributed by atoms with Gasteiger partial charge in [-0.05, 0) is 51.0 Å². The second kappa shape index (κ2) is 8.98. The quantitative estimate of drug-likeness (QED) is 0.657. The first kappa shape index (κ1) is 20.2. The molecule has 0 aliphatic heterocycles. The van der Waals surface area contributed by atoms with Gasteiger partial charge < -0.3 is 16.0 Å². The standard InChI is InChI=1S/C21H25N3O3/c1-13-9-14(2)21(15(3)10-13)24-20(27)12-23-19(26)11-22-18-8-6-5-7-17(18)16(4)25/h5-10,22H,11-12H2,1-4H3,(H,23,26)(H,24,27). The maximum atomic E-state index is 12.1. The van der Waals surface area contributed by atoms with Crippen LogP contribution >= 0.6 is 0 Å². The Morgan fingerprint density at radius 3 is 2.15 bits per heavy atom. The third-order valence-electron chi connectivity index (χ3n) is 4.13. The molecule has 0 atom stereocenters. The van der Waals surface area contributed by atoms with Gasteiger partial charge in [-0.1, -0.05) is 29.8 Å². The van der Waals surface area contributed by atoms with Crippen LogP contribution in [0.3, 0.4) is 0 Å². The van der Waals surface area contributed by atoms with E-state index in [1.165, 1.54) is 6.92 Å². The van der Waals surface area contributed by atoms with Gasteiger partial charge in [-0.15, -0.1) is 0 Å². The second-order valence-electron chi connectivity index (χ2n) is 6.55. The highest BCUT2D eigenvalue weighted by atomic mass is 16.2. The molecule has 0 radical (unpaired) electrons. The molecule has 0 aromatic heterocycles. The number of hydrogen-bond acceptors (Lipinski definition) is 4. The fourth-order valence-corrected chi connectivity index (χ4v) is 2.92. The van der Waals surface area contributed by atoms with E-state index < -0.39 is 0 Å². The van der Waals surface area contributed by atoms with Crippen molar-refractivity contribution in [2.75, 3.05) is 23.7 Å². The molecule has 0 heterocycles. The summed E-state index contributed by atoms with van der Waals surface area (Å²) in [5.74, 6) is -0.704. The van der Waals surface area contributed by atoms with Crippen molar-refractivity contribution in [1.29, 1.82) is 0 Å². The van der Waals surface area contributed by atoms with Crippen molar-refractivity contribution in [3.63, 3.8) is 0 Å². The van der Waals surface area contributed by atoms with Gasteiger partial charge in [-0.25, -0.2) is 0 Å². The molecule has 2 aromatic carbocycles. The van der Waals surface area contributed by atoms with Crippen molar-refractivity contribution >= 4 is 29.0 Å². The molecule has 0 bridgehead atoms. The number of para-hydroxylation sites is 1. The molecule has 0 saturated carbocycles. The minimum absolute atomic E-state index is 0.0276. The number of carbonyl (C=O) groups is 3. The molecule has 6 nitrogen and oxygen atoms in total. The second-order valence-corrected chi connectivity index (χ2v) is 6.55. The molecule has 0 saturated heterocycles. The first-order valence-corrected chi connectivity index (χ1v) is 8.76. The van der Waals surface area contributed by atoms with Crippen molar-refractivity contribution in [3.8, 4) is 0 Å². The maximum Gasteiger partial charge on any atom is 0.243 e. The summed E-state index contributed by atoms with van der Waals surface area (Å²) in [5, 5.41) is 8.34. The predicted octanol–water partition coefficient (Wildman–Crippen LogP) is 2.98. The molecular formula is C21H25N3O3. The Hall–Kier alpha value is -3.15. The van der Waals surface area contributed by atoms with Crippen LogP contribution in [0.1, 0.15) is 34.0 Å². The zero-order valence-corrected chi connectivity index (χ0v) is 16.1. The Morgan fingerprint density at radius 2 is 1.52 bits per heavy atom. The third-order valence-corrected chi connectivity index (χ3v) is 4.13. The van der Waals surface area contributed by atoms with E-state index in [4.69, 9.17) is 0 Å². The first-order valence-electron chi connectivity index (χ1n) is 8.76. The zero-order chi connectivity index (χ0) is 20.0. The average Bonchev–Trinajstić information content (AvgIpc) is 2.61. The van der Waals surface area contributed by atoms with E-state index in [-0.39, 0.29) is 30.7 Å². The molecule has 2 rings (SSSR count). The summed E-state index contributed by atoms with van der Waals surface area (Å²) in [5.41, 5.74) is 4.98. The molecule has 3 N–H and O–H groups in total. The van der Waals surface area contributed by atoms with Crippen molar-refractivity contribution in [2.45, 2.75) is 27.7 Å². The van der Waals surface area contributed by atoms with Crippen molar-refractivity contribution in [2.24, 2.45) is 0 Å². The summed E-state index contributed by atoms with van der Waals surface area (Å²) in [6.45, 7) is 7.19. The smallest absolute Gasteiger partial charge is 0.243 e. The van der Waals surface area contributed by atoms with E-state index in [1.807, 2.05) is 32.9 Å². The van der Waals surface area contributed by atoms with Gasteiger partial charge in [0.15, 0.2) is 5.78 Å². The SMILES string of the molecule is CC(=O)c1ccccc1NCC(=O)NCC(=O)Nc1c(C)cc(C)cc1C. The topological polar surface area (TPSA) is 87.3 Å². The number of aryl methyl sites for hydroxylation is 3. The van der Waals surface area contributed by atoms with Crippen LogP contribution in [0.5, 0.6) is 0 Å². The number of ketones is 1. The molecule has 0 aliphatic rings. The van der Waals surface area contributed by atoms with Crippen LogP contribution in [-0.2, 0) is 9.59 Å². The molecule has 142 valence electrons. The van der Waals surface area contributed by atoms with Gasteiger partial charge in [0, 0.05) is 16.9 Å². The van der Waals surface area contributed by atoms with Gasteiger partial charge in [0.25, 0.3) is 0 Å². The van der Waals surface area contributed by atoms with Crippen molar-refractivity contribution in [1.82, 2.24) is 5.32 Å². The Kier molecular flexibility index (Phi) is 6.71. The Labute approximate surface area is 159 Å². The van der Waals surface area contributed by atoms with Crippen molar-refractivity contribution < 1.29 is 14.4 Å². The zero-order valence-electron chi connectivity index (χ0n) is 16.1. The van der Waals surface area contributed by atoms with Crippen LogP contribution in [0.15, 0.2) is 36.4 Å².